The van der Waals surface area contributed by atoms with E-state index in [1.807, 2.05) is 0 Å². The predicted molar refractivity (Wildman–Crippen MR) is 68.5 cm³/mol. The second kappa shape index (κ2) is 6.53. The van der Waals surface area contributed by atoms with Crippen molar-refractivity contribution >= 4 is 0 Å². The molecule has 100 valence electrons. The molecule has 3 heteroatoms. The molecule has 0 amide bonds. The van der Waals surface area contributed by atoms with E-state index < -0.39 is 5.79 Å². The molecule has 17 heavy (non-hydrogen) atoms. The van der Waals surface area contributed by atoms with Gasteiger partial charge in [-0.3, -0.25) is 0 Å². The van der Waals surface area contributed by atoms with Gasteiger partial charge in [-0.15, -0.1) is 0 Å². The Morgan fingerprint density at radius 2 is 2.24 bits per heavy atom. The summed E-state index contributed by atoms with van der Waals surface area (Å²) in [7, 11) is 0. The molecule has 3 atom stereocenters. The number of hydrogen-bond acceptors (Lipinski definition) is 3. The summed E-state index contributed by atoms with van der Waals surface area (Å²) in [6.07, 6.45) is 6.28. The van der Waals surface area contributed by atoms with Crippen LogP contribution in [-0.4, -0.2) is 29.2 Å². The SMILES string of the molecule is CC(C)=CCCC(C)CC1C[C@@]1(O)OCCO. The first-order valence-corrected chi connectivity index (χ1v) is 6.58. The summed E-state index contributed by atoms with van der Waals surface area (Å²) >= 11 is 0. The minimum atomic E-state index is -0.937. The standard InChI is InChI=1S/C14H26O3/c1-11(2)5-4-6-12(3)9-13-10-14(13,16)17-8-7-15/h5,12-13,15-16H,4,6-10H2,1-3H3/t12?,13?,14-/m1/s1. The molecule has 0 bridgehead atoms. The van der Waals surface area contributed by atoms with E-state index in [1.54, 1.807) is 0 Å². The van der Waals surface area contributed by atoms with Gasteiger partial charge < -0.3 is 14.9 Å². The van der Waals surface area contributed by atoms with Crippen LogP contribution in [0, 0.1) is 11.8 Å². The lowest BCUT2D eigenvalue weighted by Crippen LogP contribution is -2.19. The van der Waals surface area contributed by atoms with Crippen molar-refractivity contribution in [2.45, 2.75) is 52.2 Å². The minimum absolute atomic E-state index is 0.0227. The number of rotatable bonds is 8. The van der Waals surface area contributed by atoms with E-state index in [4.69, 9.17) is 9.84 Å². The van der Waals surface area contributed by atoms with Crippen LogP contribution in [0.4, 0.5) is 0 Å². The Labute approximate surface area is 104 Å². The van der Waals surface area contributed by atoms with Gasteiger partial charge in [-0.2, -0.15) is 0 Å². The van der Waals surface area contributed by atoms with Crippen LogP contribution < -0.4 is 0 Å². The van der Waals surface area contributed by atoms with Crippen LogP contribution in [0.3, 0.4) is 0 Å². The summed E-state index contributed by atoms with van der Waals surface area (Å²) in [6, 6.07) is 0. The molecule has 1 aliphatic rings. The van der Waals surface area contributed by atoms with Crippen LogP contribution in [0.1, 0.15) is 46.5 Å². The predicted octanol–water partition coefficient (Wildman–Crippen LogP) is 2.48. The van der Waals surface area contributed by atoms with Gasteiger partial charge in [0.25, 0.3) is 0 Å². The van der Waals surface area contributed by atoms with Gasteiger partial charge >= 0.3 is 0 Å². The van der Waals surface area contributed by atoms with Gasteiger partial charge in [0.15, 0.2) is 5.79 Å². The lowest BCUT2D eigenvalue weighted by Gasteiger charge is -2.14. The molecular formula is C14H26O3. The van der Waals surface area contributed by atoms with Crippen molar-refractivity contribution in [3.63, 3.8) is 0 Å². The highest BCUT2D eigenvalue weighted by atomic mass is 16.6. The van der Waals surface area contributed by atoms with Crippen molar-refractivity contribution < 1.29 is 14.9 Å². The molecule has 1 aliphatic carbocycles. The second-order valence-corrected chi connectivity index (χ2v) is 5.52. The molecule has 0 spiro atoms. The summed E-state index contributed by atoms with van der Waals surface area (Å²) in [5.41, 5.74) is 1.37. The van der Waals surface area contributed by atoms with Gasteiger partial charge in [-0.05, 0) is 39.0 Å². The van der Waals surface area contributed by atoms with Crippen LogP contribution in [0.25, 0.3) is 0 Å². The summed E-state index contributed by atoms with van der Waals surface area (Å²) in [5.74, 6) is -0.0638. The molecular weight excluding hydrogens is 216 g/mol. The van der Waals surface area contributed by atoms with E-state index in [0.29, 0.717) is 5.92 Å². The highest BCUT2D eigenvalue weighted by Crippen LogP contribution is 2.48. The lowest BCUT2D eigenvalue weighted by atomic mass is 9.98. The number of aliphatic hydroxyl groups excluding tert-OH is 1. The topological polar surface area (TPSA) is 49.7 Å². The maximum atomic E-state index is 9.94. The van der Waals surface area contributed by atoms with Crippen LogP contribution >= 0.6 is 0 Å². The summed E-state index contributed by atoms with van der Waals surface area (Å²) < 4.78 is 5.24. The third-order valence-electron chi connectivity index (χ3n) is 3.36. The molecule has 1 saturated carbocycles. The molecule has 0 aromatic heterocycles. The van der Waals surface area contributed by atoms with Crippen molar-refractivity contribution in [3.8, 4) is 0 Å². The molecule has 0 aromatic rings. The van der Waals surface area contributed by atoms with Crippen LogP contribution in [0.5, 0.6) is 0 Å². The Kier molecular flexibility index (Phi) is 5.63. The zero-order valence-electron chi connectivity index (χ0n) is 11.3. The van der Waals surface area contributed by atoms with Crippen molar-refractivity contribution in [3.05, 3.63) is 11.6 Å². The molecule has 0 aromatic carbocycles. The Morgan fingerprint density at radius 1 is 1.53 bits per heavy atom. The van der Waals surface area contributed by atoms with Crippen molar-refractivity contribution in [2.75, 3.05) is 13.2 Å². The summed E-state index contributed by atoms with van der Waals surface area (Å²) in [4.78, 5) is 0. The summed E-state index contributed by atoms with van der Waals surface area (Å²) in [5, 5.41) is 18.6. The van der Waals surface area contributed by atoms with Gasteiger partial charge in [0.2, 0.25) is 0 Å². The van der Waals surface area contributed by atoms with Gasteiger partial charge in [0, 0.05) is 12.3 Å². The van der Waals surface area contributed by atoms with Crippen LogP contribution in [-0.2, 0) is 4.74 Å². The van der Waals surface area contributed by atoms with Crippen molar-refractivity contribution in [1.82, 2.24) is 0 Å². The Morgan fingerprint density at radius 3 is 2.82 bits per heavy atom. The van der Waals surface area contributed by atoms with Crippen LogP contribution in [0.15, 0.2) is 11.6 Å². The maximum absolute atomic E-state index is 9.94. The van der Waals surface area contributed by atoms with E-state index in [9.17, 15) is 5.11 Å². The number of allylic oxidation sites excluding steroid dienone is 2. The van der Waals surface area contributed by atoms with E-state index in [-0.39, 0.29) is 19.1 Å². The largest absolute Gasteiger partial charge is 0.394 e. The lowest BCUT2D eigenvalue weighted by molar-refractivity contribution is -0.144. The van der Waals surface area contributed by atoms with E-state index in [1.165, 1.54) is 5.57 Å². The molecule has 0 saturated heterocycles. The molecule has 2 unspecified atom stereocenters. The Balaban J connectivity index is 2.16. The van der Waals surface area contributed by atoms with Gasteiger partial charge in [-0.25, -0.2) is 0 Å². The number of hydrogen-bond donors (Lipinski definition) is 2. The molecule has 0 heterocycles. The average molecular weight is 242 g/mol. The first-order chi connectivity index (χ1) is 7.98. The number of aliphatic hydroxyl groups is 2. The second-order valence-electron chi connectivity index (χ2n) is 5.52. The molecule has 0 radical (unpaired) electrons. The Bertz CT molecular complexity index is 258. The zero-order chi connectivity index (χ0) is 12.9. The fourth-order valence-electron chi connectivity index (χ4n) is 2.22. The molecule has 1 fully saturated rings. The van der Waals surface area contributed by atoms with Crippen molar-refractivity contribution in [2.24, 2.45) is 11.8 Å². The first kappa shape index (κ1) is 14.7. The van der Waals surface area contributed by atoms with Crippen molar-refractivity contribution in [1.29, 1.82) is 0 Å². The van der Waals surface area contributed by atoms with Gasteiger partial charge in [0.05, 0.1) is 13.2 Å². The van der Waals surface area contributed by atoms with E-state index in [0.717, 1.165) is 25.7 Å². The first-order valence-electron chi connectivity index (χ1n) is 6.58. The molecule has 1 rings (SSSR count). The highest BCUT2D eigenvalue weighted by Gasteiger charge is 2.54. The van der Waals surface area contributed by atoms with E-state index >= 15 is 0 Å². The average Bonchev–Trinajstić information content (AvgIpc) is 2.86. The Hall–Kier alpha value is -0.380. The molecule has 3 nitrogen and oxygen atoms in total. The smallest absolute Gasteiger partial charge is 0.169 e. The van der Waals surface area contributed by atoms with Gasteiger partial charge in [0.1, 0.15) is 0 Å². The monoisotopic (exact) mass is 242 g/mol. The van der Waals surface area contributed by atoms with Crippen LogP contribution in [0.2, 0.25) is 0 Å². The highest BCUT2D eigenvalue weighted by molar-refractivity contribution is 4.97. The fourth-order valence-corrected chi connectivity index (χ4v) is 2.22. The van der Waals surface area contributed by atoms with Gasteiger partial charge in [-0.1, -0.05) is 18.6 Å². The van der Waals surface area contributed by atoms with E-state index in [2.05, 4.69) is 26.8 Å². The third-order valence-corrected chi connectivity index (χ3v) is 3.36. The minimum Gasteiger partial charge on any atom is -0.394 e. The quantitative estimate of drug-likeness (QED) is 0.508. The maximum Gasteiger partial charge on any atom is 0.169 e. The normalized spacial score (nSPS) is 28.9. The summed E-state index contributed by atoms with van der Waals surface area (Å²) in [6.45, 7) is 6.67. The molecule has 2 N–H and O–H groups in total. The third kappa shape index (κ3) is 5.19. The number of ether oxygens (including phenoxy) is 1. The molecule has 0 aliphatic heterocycles. The zero-order valence-corrected chi connectivity index (χ0v) is 11.3. The fraction of sp³-hybridized carbons (Fsp3) is 0.857.